The van der Waals surface area contributed by atoms with Crippen LogP contribution >= 0.6 is 0 Å². The molecule has 2 aliphatic rings. The summed E-state index contributed by atoms with van der Waals surface area (Å²) < 4.78 is 2.62. The van der Waals surface area contributed by atoms with Crippen molar-refractivity contribution in [3.63, 3.8) is 0 Å². The number of hydrogen-bond donors (Lipinski definition) is 0. The normalized spacial score (nSPS) is 14.2. The fourth-order valence-corrected chi connectivity index (χ4v) is 11.7. The van der Waals surface area contributed by atoms with E-state index < -0.39 is 0 Å². The Morgan fingerprint density at radius 2 is 0.969 bits per heavy atom. The Labute approximate surface area is 374 Å². The Balaban J connectivity index is 1.16. The lowest BCUT2D eigenvalue weighted by molar-refractivity contribution is 0.660. The molecule has 0 N–H and O–H groups in total. The molecule has 304 valence electrons. The highest BCUT2D eigenvalue weighted by atomic mass is 15.1. The summed E-state index contributed by atoms with van der Waals surface area (Å²) in [5.41, 5.74) is 19.9. The van der Waals surface area contributed by atoms with Gasteiger partial charge in [0.2, 0.25) is 0 Å². The maximum absolute atomic E-state index is 2.62. The molecule has 0 fully saturated rings. The first kappa shape index (κ1) is 36.9. The van der Waals surface area contributed by atoms with Gasteiger partial charge in [-0.1, -0.05) is 198 Å². The number of rotatable bonds is 5. The summed E-state index contributed by atoms with van der Waals surface area (Å²) in [5, 5.41) is 7.48. The van der Waals surface area contributed by atoms with E-state index in [1.807, 2.05) is 0 Å². The second-order valence-electron chi connectivity index (χ2n) is 18.9. The highest BCUT2D eigenvalue weighted by molar-refractivity contribution is 6.26. The molecule has 1 heterocycles. The van der Waals surface area contributed by atoms with Crippen molar-refractivity contribution in [3.8, 4) is 39.1 Å². The Morgan fingerprint density at radius 1 is 0.391 bits per heavy atom. The van der Waals surface area contributed by atoms with Crippen LogP contribution in [0.25, 0.3) is 82.4 Å². The van der Waals surface area contributed by atoms with Gasteiger partial charge in [0.05, 0.1) is 22.4 Å². The Kier molecular flexibility index (Phi) is 7.74. The van der Waals surface area contributed by atoms with Crippen LogP contribution in [-0.2, 0) is 10.8 Å². The largest absolute Gasteiger partial charge is 0.310 e. The zero-order valence-corrected chi connectivity index (χ0v) is 36.5. The van der Waals surface area contributed by atoms with Crippen molar-refractivity contribution in [1.29, 1.82) is 0 Å². The first-order valence-electron chi connectivity index (χ1n) is 22.6. The molecule has 13 rings (SSSR count). The van der Waals surface area contributed by atoms with Gasteiger partial charge >= 0.3 is 0 Å². The fraction of sp³-hybridized carbons (Fsp3) is 0.0968. The molecule has 0 saturated carbocycles. The standard InChI is InChI=1S/C62H46N2/c1-61(2)52-26-14-12-22-45(52)47-34-33-43(37-54(47)61)63(42-31-29-40(30-32-42)39-17-6-5-7-18-39)56-38-57-58(49-25-11-10-24-48(49)56)51-36-35-50-46-23-13-15-27-53(46)62(3,4)59(50)60(51)64(57)55-28-16-20-41-19-8-9-21-44(41)55/h5-38H,1-4H3. The summed E-state index contributed by atoms with van der Waals surface area (Å²) in [6.07, 6.45) is 0. The van der Waals surface area contributed by atoms with Crippen molar-refractivity contribution in [2.24, 2.45) is 0 Å². The zero-order chi connectivity index (χ0) is 42.9. The van der Waals surface area contributed by atoms with Crippen LogP contribution in [0.1, 0.15) is 49.9 Å². The summed E-state index contributed by atoms with van der Waals surface area (Å²) in [7, 11) is 0. The van der Waals surface area contributed by atoms with E-state index in [2.05, 4.69) is 243 Å². The molecule has 11 aromatic rings. The van der Waals surface area contributed by atoms with Crippen LogP contribution in [0.15, 0.2) is 206 Å². The van der Waals surface area contributed by atoms with Gasteiger partial charge in [-0.05, 0) is 103 Å². The number of fused-ring (bicyclic) bond motifs is 13. The summed E-state index contributed by atoms with van der Waals surface area (Å²) in [4.78, 5) is 2.52. The van der Waals surface area contributed by atoms with E-state index in [1.165, 1.54) is 105 Å². The average molecular weight is 819 g/mol. The molecular formula is C62H46N2. The third-order valence-corrected chi connectivity index (χ3v) is 14.7. The first-order chi connectivity index (χ1) is 31.3. The molecule has 0 bridgehead atoms. The Hall–Kier alpha value is -7.68. The van der Waals surface area contributed by atoms with Crippen molar-refractivity contribution in [1.82, 2.24) is 4.57 Å². The van der Waals surface area contributed by atoms with Crippen molar-refractivity contribution in [2.75, 3.05) is 4.90 Å². The van der Waals surface area contributed by atoms with Crippen LogP contribution < -0.4 is 4.90 Å². The second kappa shape index (κ2) is 13.4. The minimum Gasteiger partial charge on any atom is -0.310 e. The lowest BCUT2D eigenvalue weighted by atomic mass is 9.81. The van der Waals surface area contributed by atoms with E-state index in [9.17, 15) is 0 Å². The van der Waals surface area contributed by atoms with Crippen LogP contribution in [-0.4, -0.2) is 4.57 Å². The second-order valence-corrected chi connectivity index (χ2v) is 18.9. The molecule has 0 unspecified atom stereocenters. The molecule has 2 heteroatoms. The Bertz CT molecular complexity index is 3710. The van der Waals surface area contributed by atoms with Gasteiger partial charge in [-0.25, -0.2) is 0 Å². The topological polar surface area (TPSA) is 8.17 Å². The predicted molar refractivity (Wildman–Crippen MR) is 271 cm³/mol. The van der Waals surface area contributed by atoms with Gasteiger partial charge in [0, 0.05) is 43.7 Å². The highest BCUT2D eigenvalue weighted by Gasteiger charge is 2.39. The number of hydrogen-bond acceptors (Lipinski definition) is 1. The van der Waals surface area contributed by atoms with Gasteiger partial charge in [-0.2, -0.15) is 0 Å². The summed E-state index contributed by atoms with van der Waals surface area (Å²) >= 11 is 0. The van der Waals surface area contributed by atoms with E-state index >= 15 is 0 Å². The lowest BCUT2D eigenvalue weighted by Crippen LogP contribution is -2.17. The molecule has 2 aliphatic carbocycles. The van der Waals surface area contributed by atoms with Gasteiger partial charge in [0.1, 0.15) is 0 Å². The van der Waals surface area contributed by atoms with Gasteiger partial charge in [0.15, 0.2) is 0 Å². The number of benzene rings is 10. The van der Waals surface area contributed by atoms with Crippen molar-refractivity contribution < 1.29 is 0 Å². The molecule has 64 heavy (non-hydrogen) atoms. The minimum atomic E-state index is -0.220. The SMILES string of the molecule is CC1(C)c2ccccc2-c2ccc(N(c3ccc(-c4ccccc4)cc3)c3cc4c(c5ccccc35)c3ccc5c(c3n4-c3cccc4ccccc34)C(C)(C)c3ccccc3-5)cc21. The summed E-state index contributed by atoms with van der Waals surface area (Å²) in [5.74, 6) is 0. The minimum absolute atomic E-state index is 0.150. The molecule has 0 atom stereocenters. The van der Waals surface area contributed by atoms with E-state index in [4.69, 9.17) is 0 Å². The van der Waals surface area contributed by atoms with Crippen molar-refractivity contribution in [2.45, 2.75) is 38.5 Å². The van der Waals surface area contributed by atoms with Crippen molar-refractivity contribution in [3.05, 3.63) is 229 Å². The van der Waals surface area contributed by atoms with E-state index in [0.29, 0.717) is 0 Å². The van der Waals surface area contributed by atoms with Crippen LogP contribution in [0.5, 0.6) is 0 Å². The molecule has 0 saturated heterocycles. The Morgan fingerprint density at radius 3 is 1.75 bits per heavy atom. The number of anilines is 3. The quantitative estimate of drug-likeness (QED) is 0.168. The summed E-state index contributed by atoms with van der Waals surface area (Å²) in [6.45, 7) is 9.59. The van der Waals surface area contributed by atoms with Crippen LogP contribution in [0.2, 0.25) is 0 Å². The molecule has 1 aromatic heterocycles. The maximum Gasteiger partial charge on any atom is 0.0588 e. The highest BCUT2D eigenvalue weighted by Crippen LogP contribution is 2.56. The molecule has 2 nitrogen and oxygen atoms in total. The predicted octanol–water partition coefficient (Wildman–Crippen LogP) is 16.8. The monoisotopic (exact) mass is 818 g/mol. The van der Waals surface area contributed by atoms with Crippen LogP contribution in [0, 0.1) is 0 Å². The van der Waals surface area contributed by atoms with Crippen LogP contribution in [0.3, 0.4) is 0 Å². The lowest BCUT2D eigenvalue weighted by Gasteiger charge is -2.29. The van der Waals surface area contributed by atoms with Gasteiger partial charge < -0.3 is 9.47 Å². The van der Waals surface area contributed by atoms with E-state index in [-0.39, 0.29) is 10.8 Å². The van der Waals surface area contributed by atoms with Gasteiger partial charge in [-0.15, -0.1) is 0 Å². The number of nitrogens with zero attached hydrogens (tertiary/aromatic N) is 2. The fourth-order valence-electron chi connectivity index (χ4n) is 11.7. The maximum atomic E-state index is 2.62. The van der Waals surface area contributed by atoms with Crippen LogP contribution in [0.4, 0.5) is 17.1 Å². The molecule has 0 aliphatic heterocycles. The number of aromatic nitrogens is 1. The van der Waals surface area contributed by atoms with Gasteiger partial charge in [-0.3, -0.25) is 0 Å². The average Bonchev–Trinajstić information content (AvgIpc) is 3.88. The molecular weight excluding hydrogens is 773 g/mol. The zero-order valence-electron chi connectivity index (χ0n) is 36.5. The first-order valence-corrected chi connectivity index (χ1v) is 22.6. The molecule has 10 aromatic carbocycles. The van der Waals surface area contributed by atoms with E-state index in [1.54, 1.807) is 0 Å². The third kappa shape index (κ3) is 5.08. The molecule has 0 radical (unpaired) electrons. The van der Waals surface area contributed by atoms with Crippen molar-refractivity contribution >= 4 is 60.4 Å². The molecule has 0 spiro atoms. The smallest absolute Gasteiger partial charge is 0.0588 e. The van der Waals surface area contributed by atoms with E-state index in [0.717, 1.165) is 17.1 Å². The molecule has 0 amide bonds. The van der Waals surface area contributed by atoms with Gasteiger partial charge in [0.25, 0.3) is 0 Å². The summed E-state index contributed by atoms with van der Waals surface area (Å²) in [6, 6.07) is 77.1. The third-order valence-electron chi connectivity index (χ3n) is 14.7.